The topological polar surface area (TPSA) is 90.2 Å². The first-order valence-electron chi connectivity index (χ1n) is 5.58. The summed E-state index contributed by atoms with van der Waals surface area (Å²) in [4.78, 5) is 22.6. The van der Waals surface area contributed by atoms with E-state index in [0.717, 1.165) is 5.56 Å². The second-order valence-corrected chi connectivity index (χ2v) is 3.81. The molecule has 0 saturated carbocycles. The maximum atomic E-state index is 11.8. The minimum atomic E-state index is -1.06. The van der Waals surface area contributed by atoms with E-state index < -0.39 is 17.9 Å². The van der Waals surface area contributed by atoms with Gasteiger partial charge in [0.25, 0.3) is 5.91 Å². The molecule has 0 aliphatic heterocycles. The van der Waals surface area contributed by atoms with E-state index in [-0.39, 0.29) is 6.42 Å². The van der Waals surface area contributed by atoms with Crippen LogP contribution in [0.1, 0.15) is 29.3 Å². The van der Waals surface area contributed by atoms with E-state index in [2.05, 4.69) is 5.32 Å². The van der Waals surface area contributed by atoms with Crippen molar-refractivity contribution in [2.75, 3.05) is 0 Å². The highest BCUT2D eigenvalue weighted by Gasteiger charge is 2.18. The molecule has 5 heteroatoms. The van der Waals surface area contributed by atoms with Gasteiger partial charge in [-0.15, -0.1) is 0 Å². The first kappa shape index (κ1) is 13.7. The minimum Gasteiger partial charge on any atom is -0.480 e. The summed E-state index contributed by atoms with van der Waals surface area (Å²) in [7, 11) is 0. The Bertz CT molecular complexity index is 491. The molecule has 1 aromatic carbocycles. The van der Waals surface area contributed by atoms with Gasteiger partial charge in [-0.25, -0.2) is 4.79 Å². The number of hydrogen-bond acceptors (Lipinski definition) is 3. The van der Waals surface area contributed by atoms with Gasteiger partial charge >= 0.3 is 5.97 Å². The lowest BCUT2D eigenvalue weighted by molar-refractivity contribution is -0.139. The zero-order valence-electron chi connectivity index (χ0n) is 10.0. The zero-order valence-corrected chi connectivity index (χ0v) is 10.0. The molecule has 5 nitrogen and oxygen atoms in total. The van der Waals surface area contributed by atoms with Crippen molar-refractivity contribution in [1.82, 2.24) is 5.32 Å². The van der Waals surface area contributed by atoms with Crippen LogP contribution in [0, 0.1) is 11.3 Å². The molecule has 1 rings (SSSR count). The quantitative estimate of drug-likeness (QED) is 0.820. The number of carboxylic acid groups (broad SMARTS) is 1. The van der Waals surface area contributed by atoms with E-state index in [4.69, 9.17) is 10.4 Å². The van der Waals surface area contributed by atoms with E-state index in [1.54, 1.807) is 31.2 Å². The number of carbonyl (C=O) groups excluding carboxylic acids is 1. The number of nitrogens with one attached hydrogen (secondary N) is 1. The highest BCUT2D eigenvalue weighted by atomic mass is 16.4. The third-order valence-electron chi connectivity index (χ3n) is 2.48. The summed E-state index contributed by atoms with van der Waals surface area (Å²) < 4.78 is 0. The second kappa shape index (κ2) is 6.40. The summed E-state index contributed by atoms with van der Waals surface area (Å²) in [6.45, 7) is 1.69. The van der Waals surface area contributed by atoms with E-state index >= 15 is 0 Å². The van der Waals surface area contributed by atoms with Crippen LogP contribution in [-0.4, -0.2) is 23.0 Å². The summed E-state index contributed by atoms with van der Waals surface area (Å²) in [6.07, 6.45) is 0.538. The van der Waals surface area contributed by atoms with Gasteiger partial charge in [-0.3, -0.25) is 4.79 Å². The second-order valence-electron chi connectivity index (χ2n) is 3.81. The van der Waals surface area contributed by atoms with Crippen LogP contribution in [0.4, 0.5) is 0 Å². The molecule has 0 fully saturated rings. The summed E-state index contributed by atoms with van der Waals surface area (Å²) in [5, 5.41) is 19.9. The smallest absolute Gasteiger partial charge is 0.326 e. The number of nitriles is 1. The van der Waals surface area contributed by atoms with E-state index in [1.807, 2.05) is 6.07 Å². The molecule has 0 spiro atoms. The Kier molecular flexibility index (Phi) is 4.88. The van der Waals surface area contributed by atoms with Crippen molar-refractivity contribution in [2.24, 2.45) is 0 Å². The molecule has 0 heterocycles. The van der Waals surface area contributed by atoms with Gasteiger partial charge in [-0.1, -0.05) is 19.1 Å². The van der Waals surface area contributed by atoms with Crippen LogP contribution in [0.25, 0.3) is 0 Å². The van der Waals surface area contributed by atoms with Crippen molar-refractivity contribution in [1.29, 1.82) is 5.26 Å². The molecule has 1 unspecified atom stereocenters. The normalized spacial score (nSPS) is 11.3. The highest BCUT2D eigenvalue weighted by molar-refractivity contribution is 5.96. The Morgan fingerprint density at radius 3 is 2.78 bits per heavy atom. The molecule has 0 aliphatic rings. The monoisotopic (exact) mass is 246 g/mol. The SMILES string of the molecule is CCC(NC(=O)c1cccc(CC#N)c1)C(=O)O. The summed E-state index contributed by atoms with van der Waals surface area (Å²) in [5.74, 6) is -1.50. The predicted octanol–water partition coefficient (Wildman–Crippen LogP) is 1.35. The Hall–Kier alpha value is -2.35. The molecule has 94 valence electrons. The Morgan fingerprint density at radius 1 is 1.50 bits per heavy atom. The van der Waals surface area contributed by atoms with E-state index in [0.29, 0.717) is 12.0 Å². The van der Waals surface area contributed by atoms with Gasteiger partial charge < -0.3 is 10.4 Å². The van der Waals surface area contributed by atoms with Gasteiger partial charge in [0.05, 0.1) is 12.5 Å². The van der Waals surface area contributed by atoms with Crippen molar-refractivity contribution in [3.63, 3.8) is 0 Å². The minimum absolute atomic E-state index is 0.220. The van der Waals surface area contributed by atoms with Crippen molar-refractivity contribution >= 4 is 11.9 Å². The van der Waals surface area contributed by atoms with Crippen LogP contribution in [0.15, 0.2) is 24.3 Å². The Labute approximate surface area is 105 Å². The lowest BCUT2D eigenvalue weighted by Crippen LogP contribution is -2.40. The van der Waals surface area contributed by atoms with Crippen molar-refractivity contribution in [3.05, 3.63) is 35.4 Å². The van der Waals surface area contributed by atoms with Crippen molar-refractivity contribution in [2.45, 2.75) is 25.8 Å². The number of carbonyl (C=O) groups is 2. The van der Waals surface area contributed by atoms with E-state index in [9.17, 15) is 9.59 Å². The fourth-order valence-electron chi connectivity index (χ4n) is 1.49. The highest BCUT2D eigenvalue weighted by Crippen LogP contribution is 2.06. The molecular weight excluding hydrogens is 232 g/mol. The maximum absolute atomic E-state index is 11.8. The fraction of sp³-hybridized carbons (Fsp3) is 0.308. The number of amides is 1. The fourth-order valence-corrected chi connectivity index (χ4v) is 1.49. The van der Waals surface area contributed by atoms with Crippen LogP contribution in [0.2, 0.25) is 0 Å². The Balaban J connectivity index is 2.81. The Morgan fingerprint density at radius 2 is 2.22 bits per heavy atom. The number of hydrogen-bond donors (Lipinski definition) is 2. The van der Waals surface area contributed by atoms with Gasteiger partial charge in [0, 0.05) is 5.56 Å². The third-order valence-corrected chi connectivity index (χ3v) is 2.48. The molecule has 2 N–H and O–H groups in total. The third kappa shape index (κ3) is 3.59. The number of nitrogens with zero attached hydrogens (tertiary/aromatic N) is 1. The van der Waals surface area contributed by atoms with Gasteiger partial charge in [0.2, 0.25) is 0 Å². The molecule has 18 heavy (non-hydrogen) atoms. The summed E-state index contributed by atoms with van der Waals surface area (Å²) in [6, 6.07) is 7.70. The summed E-state index contributed by atoms with van der Waals surface area (Å²) >= 11 is 0. The van der Waals surface area contributed by atoms with Crippen LogP contribution in [0.3, 0.4) is 0 Å². The van der Waals surface area contributed by atoms with Gasteiger partial charge in [-0.05, 0) is 24.1 Å². The first-order valence-corrected chi connectivity index (χ1v) is 5.58. The van der Waals surface area contributed by atoms with Crippen molar-refractivity contribution in [3.8, 4) is 6.07 Å². The molecule has 0 radical (unpaired) electrons. The number of carboxylic acids is 1. The van der Waals surface area contributed by atoms with Crippen LogP contribution in [-0.2, 0) is 11.2 Å². The van der Waals surface area contributed by atoms with E-state index in [1.165, 1.54) is 0 Å². The molecule has 0 saturated heterocycles. The van der Waals surface area contributed by atoms with Gasteiger partial charge in [0.15, 0.2) is 0 Å². The average molecular weight is 246 g/mol. The first-order chi connectivity index (χ1) is 8.58. The standard InChI is InChI=1S/C13H14N2O3/c1-2-11(13(17)18)15-12(16)10-5-3-4-9(8-10)6-7-14/h3-5,8,11H,2,6H2,1H3,(H,15,16)(H,17,18). The number of benzene rings is 1. The molecule has 1 aromatic rings. The zero-order chi connectivity index (χ0) is 13.5. The lowest BCUT2D eigenvalue weighted by atomic mass is 10.1. The predicted molar refractivity (Wildman–Crippen MR) is 64.9 cm³/mol. The molecule has 1 atom stereocenters. The van der Waals surface area contributed by atoms with Gasteiger partial charge in [-0.2, -0.15) is 5.26 Å². The molecular formula is C13H14N2O3. The largest absolute Gasteiger partial charge is 0.480 e. The summed E-state index contributed by atoms with van der Waals surface area (Å²) in [5.41, 5.74) is 1.09. The number of rotatable bonds is 5. The average Bonchev–Trinajstić information content (AvgIpc) is 2.36. The molecule has 0 aliphatic carbocycles. The molecule has 1 amide bonds. The maximum Gasteiger partial charge on any atom is 0.326 e. The lowest BCUT2D eigenvalue weighted by Gasteiger charge is -2.12. The van der Waals surface area contributed by atoms with Gasteiger partial charge in [0.1, 0.15) is 6.04 Å². The van der Waals surface area contributed by atoms with Crippen LogP contribution >= 0.6 is 0 Å². The van der Waals surface area contributed by atoms with Crippen molar-refractivity contribution < 1.29 is 14.7 Å². The molecule has 0 bridgehead atoms. The molecule has 0 aromatic heterocycles. The number of aliphatic carboxylic acids is 1. The van der Waals surface area contributed by atoms with Crippen LogP contribution < -0.4 is 5.32 Å². The van der Waals surface area contributed by atoms with Crippen LogP contribution in [0.5, 0.6) is 0 Å².